The van der Waals surface area contributed by atoms with E-state index in [2.05, 4.69) is 18.8 Å². The molecule has 0 aliphatic heterocycles. The van der Waals surface area contributed by atoms with Crippen LogP contribution < -0.4 is 5.32 Å². The first-order valence-corrected chi connectivity index (χ1v) is 4.39. The summed E-state index contributed by atoms with van der Waals surface area (Å²) in [6, 6.07) is 9.15. The first-order chi connectivity index (χ1) is 7.15. The molecule has 1 radical (unpaired) electrons. The molecule has 1 unspecified atom stereocenters. The van der Waals surface area contributed by atoms with E-state index in [1.54, 1.807) is 18.4 Å². The molecule has 1 N–H and O–H groups in total. The van der Waals surface area contributed by atoms with Crippen molar-refractivity contribution in [3.05, 3.63) is 49.5 Å². The Morgan fingerprint density at radius 3 is 2.29 bits per heavy atom. The molecule has 87 valence electrons. The number of carbonyl (C=O) groups excluding carboxylic acids is 2. The molecule has 0 aliphatic carbocycles. The van der Waals surface area contributed by atoms with Crippen LogP contribution in [0.4, 0.5) is 5.69 Å². The van der Waals surface area contributed by atoms with E-state index in [1.807, 2.05) is 18.2 Å². The number of hydrogen-bond donors (Lipinski definition) is 1. The zero-order chi connectivity index (χ0) is 11.3. The molecule has 3 nitrogen and oxygen atoms in total. The Hall–Kier alpha value is -0.238. The number of rotatable bonds is 5. The summed E-state index contributed by atoms with van der Waals surface area (Å²) in [4.78, 5) is 21.4. The third-order valence-corrected chi connectivity index (χ3v) is 1.87. The molecule has 5 heteroatoms. The van der Waals surface area contributed by atoms with Crippen LogP contribution in [0.25, 0.3) is 0 Å². The van der Waals surface area contributed by atoms with Gasteiger partial charge in [0.05, 0.1) is 0 Å². The Balaban J connectivity index is 0. The maximum Gasteiger partial charge on any atom is 0.0381 e. The van der Waals surface area contributed by atoms with Crippen molar-refractivity contribution >= 4 is 17.8 Å². The van der Waals surface area contributed by atoms with Crippen molar-refractivity contribution in [1.29, 1.82) is 0 Å². The third kappa shape index (κ3) is 6.30. The van der Waals surface area contributed by atoms with Gasteiger partial charge in [-0.05, 0) is 23.6 Å². The first-order valence-electron chi connectivity index (χ1n) is 4.39. The fourth-order valence-corrected chi connectivity index (χ4v) is 1.11. The molecular weight excluding hydrogens is 463 g/mol. The summed E-state index contributed by atoms with van der Waals surface area (Å²) in [5.41, 5.74) is 1.06. The summed E-state index contributed by atoms with van der Waals surface area (Å²) in [7, 11) is 0. The number of Topliss-reactive ketones (excluding diaryl/α,β-unsaturated/α-hetero) is 1. The van der Waals surface area contributed by atoms with Crippen LogP contribution in [0.15, 0.2) is 42.6 Å². The normalized spacial score (nSPS) is 10.1. The van der Waals surface area contributed by atoms with Crippen LogP contribution in [0.1, 0.15) is 0 Å². The van der Waals surface area contributed by atoms with Crippen LogP contribution in [0, 0.1) is 12.8 Å². The zero-order valence-electron chi connectivity index (χ0n) is 9.18. The molecule has 0 spiro atoms. The smallest absolute Gasteiger partial charge is 0.0381 e. The van der Waals surface area contributed by atoms with Gasteiger partial charge >= 0.3 is 0 Å². The first kappa shape index (κ1) is 19.1. The van der Waals surface area contributed by atoms with Crippen molar-refractivity contribution in [1.82, 2.24) is 0 Å². The average Bonchev–Trinajstić information content (AvgIpc) is 2.19. The monoisotopic (exact) mass is 474 g/mol. The van der Waals surface area contributed by atoms with Crippen LogP contribution in [0.2, 0.25) is 0 Å². The van der Waals surface area contributed by atoms with E-state index in [0.29, 0.717) is 0 Å². The fraction of sp³-hybridized carbons (Fsp3) is 0.0833. The van der Waals surface area contributed by atoms with E-state index in [0.717, 1.165) is 5.69 Å². The van der Waals surface area contributed by atoms with Crippen molar-refractivity contribution in [3.8, 4) is 0 Å². The minimum atomic E-state index is -1.01. The zero-order valence-corrected chi connectivity index (χ0v) is 15.0. The molecule has 0 saturated carbocycles. The Bertz CT molecular complexity index is 381. The largest absolute Gasteiger partial charge is 0.541 e. The maximum absolute atomic E-state index is 10.9. The molecule has 1 aromatic carbocycles. The van der Waals surface area contributed by atoms with Gasteiger partial charge in [0.1, 0.15) is 0 Å². The van der Waals surface area contributed by atoms with Crippen LogP contribution in [0.5, 0.6) is 0 Å². The van der Waals surface area contributed by atoms with Gasteiger partial charge in [-0.1, -0.05) is 30.7 Å². The summed E-state index contributed by atoms with van der Waals surface area (Å²) in [5, 5.41) is 2.86. The molecule has 1 atom stereocenters. The summed E-state index contributed by atoms with van der Waals surface area (Å²) in [6.45, 7) is 6.78. The molecule has 0 bridgehead atoms. The number of anilines is 1. The van der Waals surface area contributed by atoms with Crippen molar-refractivity contribution in [3.63, 3.8) is 0 Å². The Kier molecular flexibility index (Phi) is 11.0. The maximum atomic E-state index is 10.9. The molecule has 0 heterocycles. The number of hydrogen-bond acceptors (Lipinski definition) is 3. The number of carbonyl (C=O) groups is 1. The van der Waals surface area contributed by atoms with Gasteiger partial charge in [-0.3, -0.25) is 6.29 Å². The van der Waals surface area contributed by atoms with E-state index in [1.165, 1.54) is 0 Å². The Morgan fingerprint density at radius 2 is 1.88 bits per heavy atom. The van der Waals surface area contributed by atoms with Crippen LogP contribution in [0.3, 0.4) is 0 Å². The molecule has 0 fully saturated rings. The predicted molar refractivity (Wildman–Crippen MR) is 58.8 cm³/mol. The van der Waals surface area contributed by atoms with Gasteiger partial charge in [0.25, 0.3) is 0 Å². The van der Waals surface area contributed by atoms with Crippen LogP contribution in [-0.2, 0) is 63.4 Å². The van der Waals surface area contributed by atoms with Gasteiger partial charge in [0.15, 0.2) is 0 Å². The molecule has 0 aliphatic rings. The Morgan fingerprint density at radius 1 is 1.35 bits per heavy atom. The number of nitrogens with one attached hydrogen (secondary N) is 1. The van der Waals surface area contributed by atoms with E-state index >= 15 is 0 Å². The van der Waals surface area contributed by atoms with E-state index < -0.39 is 11.7 Å². The molecule has 0 saturated heterocycles. The second-order valence-electron chi connectivity index (χ2n) is 3.03. The van der Waals surface area contributed by atoms with Gasteiger partial charge in [-0.25, -0.2) is 0 Å². The summed E-state index contributed by atoms with van der Waals surface area (Å²) in [6.07, 6.45) is 1.60. The molecular formula is C12H11NO2WY-2. The second-order valence-corrected chi connectivity index (χ2v) is 3.03. The van der Waals surface area contributed by atoms with Gasteiger partial charge in [-0.15, -0.1) is 0 Å². The van der Waals surface area contributed by atoms with Crippen LogP contribution in [-0.4, -0.2) is 12.1 Å². The van der Waals surface area contributed by atoms with E-state index in [4.69, 9.17) is 0 Å². The average molecular weight is 474 g/mol. The number of para-hydroxylation sites is 1. The summed E-state index contributed by atoms with van der Waals surface area (Å²) in [5.74, 6) is -1.52. The van der Waals surface area contributed by atoms with Crippen LogP contribution >= 0.6 is 0 Å². The third-order valence-electron chi connectivity index (χ3n) is 1.87. The van der Waals surface area contributed by atoms with Gasteiger partial charge in [-0.2, -0.15) is 0 Å². The van der Waals surface area contributed by atoms with Gasteiger partial charge < -0.3 is 21.8 Å². The van der Waals surface area contributed by atoms with Crippen molar-refractivity contribution in [2.24, 2.45) is 5.92 Å². The molecule has 0 aromatic heterocycles. The van der Waals surface area contributed by atoms with Crippen molar-refractivity contribution in [2.75, 3.05) is 5.32 Å². The minimum absolute atomic E-state index is 0. The molecule has 0 amide bonds. The SMILES string of the molecule is C=C(Nc1ccccc1)C([C-]=O)C([CH2-])=O.[W].[Y]. The second kappa shape index (κ2) is 9.76. The number of benzene rings is 1. The predicted octanol–water partition coefficient (Wildman–Crippen LogP) is 1.74. The topological polar surface area (TPSA) is 46.2 Å². The fourth-order valence-electron chi connectivity index (χ4n) is 1.11. The minimum Gasteiger partial charge on any atom is -0.541 e. The standard InChI is InChI=1S/C12H11NO2.W.Y/c1-9(12(8-14)10(2)15)13-11-6-4-3-5-7-11;;/h3-7,12-13H,1-2H2;;/q-2;;. The molecule has 17 heavy (non-hydrogen) atoms. The van der Waals surface area contributed by atoms with E-state index in [-0.39, 0.29) is 59.5 Å². The summed E-state index contributed by atoms with van der Waals surface area (Å²) < 4.78 is 0. The van der Waals surface area contributed by atoms with Gasteiger partial charge in [0, 0.05) is 59.5 Å². The van der Waals surface area contributed by atoms with Gasteiger partial charge in [0.2, 0.25) is 0 Å². The van der Waals surface area contributed by atoms with Crippen molar-refractivity contribution < 1.29 is 63.4 Å². The molecule has 1 rings (SSSR count). The van der Waals surface area contributed by atoms with Crippen molar-refractivity contribution in [2.45, 2.75) is 0 Å². The Labute approximate surface area is 141 Å². The summed E-state index contributed by atoms with van der Waals surface area (Å²) >= 11 is 0. The molecule has 1 aromatic rings. The number of ketones is 1. The quantitative estimate of drug-likeness (QED) is 0.523. The number of allylic oxidation sites excluding steroid dienone is 1. The van der Waals surface area contributed by atoms with E-state index in [9.17, 15) is 9.59 Å².